The van der Waals surface area contributed by atoms with Gasteiger partial charge in [-0.05, 0) is 45.8 Å². The second kappa shape index (κ2) is 8.45. The Kier molecular flexibility index (Phi) is 5.84. The minimum atomic E-state index is -4.14. The van der Waals surface area contributed by atoms with E-state index in [4.69, 9.17) is 23.9 Å². The van der Waals surface area contributed by atoms with E-state index in [1.807, 2.05) is 24.4 Å². The van der Waals surface area contributed by atoms with Crippen molar-refractivity contribution in [3.8, 4) is 28.5 Å². The van der Waals surface area contributed by atoms with Gasteiger partial charge in [0.15, 0.2) is 16.2 Å². The average molecular weight is 523 g/mol. The van der Waals surface area contributed by atoms with Crippen LogP contribution in [0.2, 0.25) is 0 Å². The quantitative estimate of drug-likeness (QED) is 0.391. The van der Waals surface area contributed by atoms with E-state index in [1.54, 1.807) is 18.0 Å². The second-order valence-electron chi connectivity index (χ2n) is 6.75. The lowest BCUT2D eigenvalue weighted by molar-refractivity contribution is 0.372. The molecule has 0 aliphatic carbocycles. The minimum absolute atomic E-state index is 0.00716. The number of halogens is 1. The van der Waals surface area contributed by atoms with Crippen LogP contribution >= 0.6 is 15.9 Å². The van der Waals surface area contributed by atoms with E-state index in [0.29, 0.717) is 39.0 Å². The number of primary sulfonamides is 1. The van der Waals surface area contributed by atoms with Crippen molar-refractivity contribution in [2.45, 2.75) is 11.4 Å². The van der Waals surface area contributed by atoms with Crippen molar-refractivity contribution in [3.05, 3.63) is 46.7 Å². The Morgan fingerprint density at radius 3 is 2.47 bits per heavy atom. The molecule has 12 heteroatoms. The number of nitrogens with two attached hydrogens (primary N) is 1. The molecule has 2 N–H and O–H groups in total. The molecule has 0 bridgehead atoms. The largest absolute Gasteiger partial charge is 0.496 e. The highest BCUT2D eigenvalue weighted by Gasteiger charge is 2.29. The van der Waals surface area contributed by atoms with Crippen molar-refractivity contribution in [2.75, 3.05) is 21.3 Å². The summed E-state index contributed by atoms with van der Waals surface area (Å²) in [6.07, 6.45) is 3.55. The highest BCUT2D eigenvalue weighted by Crippen LogP contribution is 2.47. The van der Waals surface area contributed by atoms with Gasteiger partial charge in [0.05, 0.1) is 37.7 Å². The zero-order chi connectivity index (χ0) is 23.0. The molecule has 0 atom stereocenters. The molecule has 0 amide bonds. The third kappa shape index (κ3) is 3.80. The number of aromatic nitrogens is 3. The van der Waals surface area contributed by atoms with Gasteiger partial charge in [-0.15, -0.1) is 0 Å². The molecule has 4 rings (SSSR count). The Bertz CT molecular complexity index is 1400. The lowest BCUT2D eigenvalue weighted by atomic mass is 10.0. The van der Waals surface area contributed by atoms with Crippen LogP contribution in [-0.4, -0.2) is 44.7 Å². The number of fused-ring (bicyclic) bond motifs is 1. The van der Waals surface area contributed by atoms with Crippen LogP contribution in [-0.2, 0) is 16.6 Å². The molecule has 4 aromatic rings. The molecule has 0 unspecified atom stereocenters. The Morgan fingerprint density at radius 2 is 1.88 bits per heavy atom. The predicted octanol–water partition coefficient (Wildman–Crippen LogP) is 3.18. The van der Waals surface area contributed by atoms with Crippen molar-refractivity contribution in [3.63, 3.8) is 0 Å². The fraction of sp³-hybridized carbons (Fsp3) is 0.200. The molecule has 10 nitrogen and oxygen atoms in total. The van der Waals surface area contributed by atoms with E-state index in [-0.39, 0.29) is 16.4 Å². The molecule has 2 aromatic carbocycles. The molecule has 2 heterocycles. The van der Waals surface area contributed by atoms with Crippen LogP contribution in [0.5, 0.6) is 17.2 Å². The van der Waals surface area contributed by atoms with Gasteiger partial charge in [0.1, 0.15) is 17.2 Å². The van der Waals surface area contributed by atoms with Gasteiger partial charge in [0, 0.05) is 18.0 Å². The summed E-state index contributed by atoms with van der Waals surface area (Å²) in [4.78, 5) is -0.278. The van der Waals surface area contributed by atoms with Crippen LogP contribution in [0, 0.1) is 0 Å². The van der Waals surface area contributed by atoms with E-state index >= 15 is 0 Å². The maximum Gasteiger partial charge on any atom is 0.245 e. The van der Waals surface area contributed by atoms with E-state index in [0.717, 1.165) is 5.56 Å². The van der Waals surface area contributed by atoms with Gasteiger partial charge in [0.25, 0.3) is 0 Å². The van der Waals surface area contributed by atoms with Crippen LogP contribution in [0.25, 0.3) is 22.2 Å². The number of methoxy groups -OCH3 is 3. The first-order chi connectivity index (χ1) is 15.3. The fourth-order valence-corrected chi connectivity index (χ4v) is 5.14. The van der Waals surface area contributed by atoms with Crippen LogP contribution < -0.4 is 19.3 Å². The van der Waals surface area contributed by atoms with E-state index < -0.39 is 10.0 Å². The summed E-state index contributed by atoms with van der Waals surface area (Å²) < 4.78 is 48.3. The zero-order valence-electron chi connectivity index (χ0n) is 17.3. The van der Waals surface area contributed by atoms with Crippen molar-refractivity contribution in [1.29, 1.82) is 0 Å². The van der Waals surface area contributed by atoms with Gasteiger partial charge >= 0.3 is 0 Å². The number of hydrogen-bond donors (Lipinski definition) is 1. The second-order valence-corrected chi connectivity index (χ2v) is 9.05. The standard InChI is InChI=1S/C20H19BrN4O6S/c1-28-13-7-11(10-25-6-4-5-23-25)8-14-16(13)18(24-31-14)12-9-15(29-2)20(32(22,26)27)19(30-3)17(12)21/h4-9H,10H2,1-3H3,(H2,22,26,27). The molecule has 0 fully saturated rings. The van der Waals surface area contributed by atoms with Gasteiger partial charge in [0.2, 0.25) is 10.0 Å². The monoisotopic (exact) mass is 522 g/mol. The molecule has 0 radical (unpaired) electrons. The molecule has 0 saturated carbocycles. The van der Waals surface area contributed by atoms with Crippen LogP contribution in [0.15, 0.2) is 50.6 Å². The van der Waals surface area contributed by atoms with E-state index in [9.17, 15) is 8.42 Å². The first kappa shape index (κ1) is 22.1. The maximum absolute atomic E-state index is 12.2. The van der Waals surface area contributed by atoms with E-state index in [2.05, 4.69) is 26.2 Å². The summed E-state index contributed by atoms with van der Waals surface area (Å²) in [7, 11) is 0.0780. The summed E-state index contributed by atoms with van der Waals surface area (Å²) >= 11 is 3.42. The Labute approximate surface area is 192 Å². The summed E-state index contributed by atoms with van der Waals surface area (Å²) in [5.41, 5.74) is 2.27. The Hall–Kier alpha value is -3.09. The molecular formula is C20H19BrN4O6S. The molecule has 0 aliphatic heterocycles. The van der Waals surface area contributed by atoms with Gasteiger partial charge in [-0.2, -0.15) is 5.10 Å². The molecule has 168 valence electrons. The summed E-state index contributed by atoms with van der Waals surface area (Å²) in [5, 5.41) is 14.4. The van der Waals surface area contributed by atoms with Crippen molar-refractivity contribution in [1.82, 2.24) is 14.9 Å². The predicted molar refractivity (Wildman–Crippen MR) is 120 cm³/mol. The molecule has 0 aliphatic rings. The van der Waals surface area contributed by atoms with Gasteiger partial charge < -0.3 is 18.7 Å². The lowest BCUT2D eigenvalue weighted by Crippen LogP contribution is -2.15. The maximum atomic E-state index is 12.2. The number of benzene rings is 2. The van der Waals surface area contributed by atoms with Crippen LogP contribution in [0.4, 0.5) is 0 Å². The highest BCUT2D eigenvalue weighted by atomic mass is 79.9. The third-order valence-corrected chi connectivity index (χ3v) is 6.57. The van der Waals surface area contributed by atoms with Crippen LogP contribution in [0.1, 0.15) is 5.56 Å². The Morgan fingerprint density at radius 1 is 1.12 bits per heavy atom. The third-order valence-electron chi connectivity index (χ3n) is 4.83. The molecule has 0 spiro atoms. The highest BCUT2D eigenvalue weighted by molar-refractivity contribution is 9.10. The minimum Gasteiger partial charge on any atom is -0.496 e. The lowest BCUT2D eigenvalue weighted by Gasteiger charge is -2.16. The fourth-order valence-electron chi connectivity index (χ4n) is 3.48. The van der Waals surface area contributed by atoms with Crippen molar-refractivity contribution >= 4 is 36.9 Å². The number of hydrogen-bond acceptors (Lipinski definition) is 8. The molecule has 2 aromatic heterocycles. The van der Waals surface area contributed by atoms with Gasteiger partial charge in [-0.25, -0.2) is 13.6 Å². The normalized spacial score (nSPS) is 11.7. The first-order valence-corrected chi connectivity index (χ1v) is 11.5. The average Bonchev–Trinajstić information content (AvgIpc) is 3.42. The topological polar surface area (TPSA) is 132 Å². The molecule has 0 saturated heterocycles. The number of nitrogens with zero attached hydrogens (tertiary/aromatic N) is 3. The molecule has 32 heavy (non-hydrogen) atoms. The van der Waals surface area contributed by atoms with Crippen molar-refractivity contribution < 1.29 is 27.2 Å². The smallest absolute Gasteiger partial charge is 0.245 e. The molecular weight excluding hydrogens is 504 g/mol. The van der Waals surface area contributed by atoms with Gasteiger partial charge in [-0.1, -0.05) is 5.16 Å². The first-order valence-electron chi connectivity index (χ1n) is 9.19. The van der Waals surface area contributed by atoms with Crippen molar-refractivity contribution in [2.24, 2.45) is 5.14 Å². The SMILES string of the molecule is COc1cc(-c2noc3cc(Cn4cccn4)cc(OC)c23)c(Br)c(OC)c1S(N)(=O)=O. The zero-order valence-corrected chi connectivity index (χ0v) is 19.7. The summed E-state index contributed by atoms with van der Waals surface area (Å²) in [6.45, 7) is 0.518. The van der Waals surface area contributed by atoms with E-state index in [1.165, 1.54) is 20.3 Å². The summed E-state index contributed by atoms with van der Waals surface area (Å²) in [6, 6.07) is 7.05. The summed E-state index contributed by atoms with van der Waals surface area (Å²) in [5.74, 6) is 0.529. The number of ether oxygens (including phenoxy) is 3. The van der Waals surface area contributed by atoms with Gasteiger partial charge in [-0.3, -0.25) is 4.68 Å². The number of sulfonamides is 1. The Balaban J connectivity index is 1.94. The number of rotatable bonds is 7. The van der Waals surface area contributed by atoms with Crippen LogP contribution in [0.3, 0.4) is 0 Å².